The first kappa shape index (κ1) is 15.1. The summed E-state index contributed by atoms with van der Waals surface area (Å²) in [5, 5.41) is 9.06. The van der Waals surface area contributed by atoms with Gasteiger partial charge in [0.15, 0.2) is 0 Å². The summed E-state index contributed by atoms with van der Waals surface area (Å²) in [5.41, 5.74) is 0.599. The minimum atomic E-state index is -3.49. The van der Waals surface area contributed by atoms with Gasteiger partial charge in [0, 0.05) is 13.1 Å². The largest absolute Gasteiger partial charge is 0.392 e. The highest BCUT2D eigenvalue weighted by Crippen LogP contribution is 2.20. The maximum absolute atomic E-state index is 12.4. The smallest absolute Gasteiger partial charge is 0.243 e. The Kier molecular flexibility index (Phi) is 4.90. The van der Waals surface area contributed by atoms with Crippen LogP contribution in [0.2, 0.25) is 0 Å². The predicted molar refractivity (Wildman–Crippen MR) is 71.6 cm³/mol. The van der Waals surface area contributed by atoms with Crippen molar-refractivity contribution in [1.29, 1.82) is 0 Å². The standard InChI is InChI=1S/C13H21NO3S/c1-10(2)11(3)14(4)18(16,17)13-7-5-6-12(8-13)9-15/h5-8,10-11,15H,9H2,1-4H3. The third-order valence-electron chi connectivity index (χ3n) is 3.30. The summed E-state index contributed by atoms with van der Waals surface area (Å²) in [4.78, 5) is 0.226. The topological polar surface area (TPSA) is 57.6 Å². The molecule has 0 saturated heterocycles. The molecule has 5 heteroatoms. The number of hydrogen-bond acceptors (Lipinski definition) is 3. The summed E-state index contributed by atoms with van der Waals surface area (Å²) < 4.78 is 26.2. The summed E-state index contributed by atoms with van der Waals surface area (Å²) >= 11 is 0. The number of rotatable bonds is 5. The monoisotopic (exact) mass is 271 g/mol. The fourth-order valence-corrected chi connectivity index (χ4v) is 3.17. The van der Waals surface area contributed by atoms with Crippen molar-refractivity contribution in [1.82, 2.24) is 4.31 Å². The van der Waals surface area contributed by atoms with Crippen LogP contribution in [0.1, 0.15) is 26.3 Å². The Bertz CT molecular complexity index is 497. The van der Waals surface area contributed by atoms with E-state index in [2.05, 4.69) is 0 Å². The van der Waals surface area contributed by atoms with Crippen LogP contribution < -0.4 is 0 Å². The number of aliphatic hydroxyl groups is 1. The molecule has 1 N–H and O–H groups in total. The van der Waals surface area contributed by atoms with E-state index in [0.717, 1.165) is 0 Å². The summed E-state index contributed by atoms with van der Waals surface area (Å²) in [6, 6.07) is 6.33. The molecular formula is C13H21NO3S. The first-order valence-corrected chi connectivity index (χ1v) is 7.42. The molecule has 4 nitrogen and oxygen atoms in total. The number of hydrogen-bond donors (Lipinski definition) is 1. The van der Waals surface area contributed by atoms with Crippen LogP contribution in [0, 0.1) is 5.92 Å². The van der Waals surface area contributed by atoms with Gasteiger partial charge in [-0.05, 0) is 30.5 Å². The van der Waals surface area contributed by atoms with Gasteiger partial charge in [0.2, 0.25) is 10.0 Å². The van der Waals surface area contributed by atoms with E-state index in [1.807, 2.05) is 20.8 Å². The van der Waals surface area contributed by atoms with Crippen molar-refractivity contribution in [3.63, 3.8) is 0 Å². The Hall–Kier alpha value is -0.910. The number of sulfonamides is 1. The summed E-state index contributed by atoms with van der Waals surface area (Å²) in [6.45, 7) is 5.70. The second kappa shape index (κ2) is 5.82. The van der Waals surface area contributed by atoms with Gasteiger partial charge in [-0.3, -0.25) is 0 Å². The molecule has 1 aromatic rings. The van der Waals surface area contributed by atoms with Gasteiger partial charge in [-0.25, -0.2) is 8.42 Å². The quantitative estimate of drug-likeness (QED) is 0.889. The van der Waals surface area contributed by atoms with Crippen molar-refractivity contribution >= 4 is 10.0 Å². The van der Waals surface area contributed by atoms with E-state index in [0.29, 0.717) is 5.56 Å². The zero-order valence-electron chi connectivity index (χ0n) is 11.3. The molecule has 18 heavy (non-hydrogen) atoms. The number of aliphatic hydroxyl groups excluding tert-OH is 1. The van der Waals surface area contributed by atoms with Crippen molar-refractivity contribution in [2.75, 3.05) is 7.05 Å². The Labute approximate surface area is 109 Å². The van der Waals surface area contributed by atoms with Crippen LogP contribution in [0.3, 0.4) is 0 Å². The lowest BCUT2D eigenvalue weighted by Crippen LogP contribution is -2.38. The summed E-state index contributed by atoms with van der Waals surface area (Å²) in [5.74, 6) is 0.241. The third-order valence-corrected chi connectivity index (χ3v) is 5.24. The fourth-order valence-electron chi connectivity index (χ4n) is 1.61. The van der Waals surface area contributed by atoms with Crippen molar-refractivity contribution < 1.29 is 13.5 Å². The zero-order chi connectivity index (χ0) is 13.9. The second-order valence-corrected chi connectivity index (χ2v) is 6.81. The molecule has 102 valence electrons. The van der Waals surface area contributed by atoms with Gasteiger partial charge in [-0.1, -0.05) is 26.0 Å². The van der Waals surface area contributed by atoms with Gasteiger partial charge in [-0.2, -0.15) is 4.31 Å². The SMILES string of the molecule is CC(C)C(C)N(C)S(=O)(=O)c1cccc(CO)c1. The molecule has 1 unspecified atom stereocenters. The molecule has 0 heterocycles. The van der Waals surface area contributed by atoms with E-state index in [9.17, 15) is 8.42 Å². The van der Waals surface area contributed by atoms with E-state index in [-0.39, 0.29) is 23.5 Å². The van der Waals surface area contributed by atoms with Gasteiger partial charge in [0.05, 0.1) is 11.5 Å². The molecule has 0 aliphatic rings. The lowest BCUT2D eigenvalue weighted by atomic mass is 10.1. The molecule has 0 aliphatic carbocycles. The van der Waals surface area contributed by atoms with Crippen molar-refractivity contribution in [2.24, 2.45) is 5.92 Å². The van der Waals surface area contributed by atoms with Crippen LogP contribution in [0.15, 0.2) is 29.2 Å². The number of benzene rings is 1. The first-order valence-electron chi connectivity index (χ1n) is 5.98. The van der Waals surface area contributed by atoms with E-state index in [1.165, 1.54) is 10.4 Å². The van der Waals surface area contributed by atoms with Gasteiger partial charge in [0.25, 0.3) is 0 Å². The van der Waals surface area contributed by atoms with Crippen LogP contribution in [0.4, 0.5) is 0 Å². The summed E-state index contributed by atoms with van der Waals surface area (Å²) in [7, 11) is -1.90. The van der Waals surface area contributed by atoms with Gasteiger partial charge in [-0.15, -0.1) is 0 Å². The summed E-state index contributed by atoms with van der Waals surface area (Å²) in [6.07, 6.45) is 0. The molecule has 1 aromatic carbocycles. The molecular weight excluding hydrogens is 250 g/mol. The zero-order valence-corrected chi connectivity index (χ0v) is 12.1. The van der Waals surface area contributed by atoms with Gasteiger partial charge in [0.1, 0.15) is 0 Å². The normalized spacial score (nSPS) is 14.2. The molecule has 0 aromatic heterocycles. The van der Waals surface area contributed by atoms with Crippen LogP contribution in [0.25, 0.3) is 0 Å². The molecule has 0 bridgehead atoms. The molecule has 1 rings (SSSR count). The van der Waals surface area contributed by atoms with E-state index in [1.54, 1.807) is 25.2 Å². The lowest BCUT2D eigenvalue weighted by molar-refractivity contribution is 0.281. The van der Waals surface area contributed by atoms with Gasteiger partial charge < -0.3 is 5.11 Å². The fraction of sp³-hybridized carbons (Fsp3) is 0.538. The third kappa shape index (κ3) is 3.10. The van der Waals surface area contributed by atoms with E-state index >= 15 is 0 Å². The first-order chi connectivity index (χ1) is 8.30. The highest BCUT2D eigenvalue weighted by atomic mass is 32.2. The van der Waals surface area contributed by atoms with Crippen LogP contribution in [-0.4, -0.2) is 30.9 Å². The van der Waals surface area contributed by atoms with Crippen molar-refractivity contribution in [3.05, 3.63) is 29.8 Å². The minimum absolute atomic E-state index is 0.0761. The second-order valence-electron chi connectivity index (χ2n) is 4.81. The average molecular weight is 271 g/mol. The minimum Gasteiger partial charge on any atom is -0.392 e. The highest BCUT2D eigenvalue weighted by Gasteiger charge is 2.26. The lowest BCUT2D eigenvalue weighted by Gasteiger charge is -2.27. The molecule has 0 saturated carbocycles. The maximum Gasteiger partial charge on any atom is 0.243 e. The Morgan fingerprint density at radius 3 is 2.39 bits per heavy atom. The van der Waals surface area contributed by atoms with E-state index in [4.69, 9.17) is 5.11 Å². The molecule has 0 aliphatic heterocycles. The maximum atomic E-state index is 12.4. The molecule has 1 atom stereocenters. The average Bonchev–Trinajstić information content (AvgIpc) is 2.36. The molecule has 0 radical (unpaired) electrons. The van der Waals surface area contributed by atoms with E-state index < -0.39 is 10.0 Å². The van der Waals surface area contributed by atoms with Crippen LogP contribution in [-0.2, 0) is 16.6 Å². The van der Waals surface area contributed by atoms with Crippen LogP contribution >= 0.6 is 0 Å². The molecule has 0 spiro atoms. The molecule has 0 amide bonds. The van der Waals surface area contributed by atoms with Crippen LogP contribution in [0.5, 0.6) is 0 Å². The van der Waals surface area contributed by atoms with Crippen molar-refractivity contribution in [3.8, 4) is 0 Å². The Morgan fingerprint density at radius 2 is 1.89 bits per heavy atom. The Balaban J connectivity index is 3.13. The highest BCUT2D eigenvalue weighted by molar-refractivity contribution is 7.89. The number of nitrogens with zero attached hydrogens (tertiary/aromatic N) is 1. The van der Waals surface area contributed by atoms with Crippen molar-refractivity contribution in [2.45, 2.75) is 38.3 Å². The molecule has 0 fully saturated rings. The predicted octanol–water partition coefficient (Wildman–Crippen LogP) is 1.84. The Morgan fingerprint density at radius 1 is 1.28 bits per heavy atom. The van der Waals surface area contributed by atoms with Gasteiger partial charge >= 0.3 is 0 Å².